The first kappa shape index (κ1) is 20.0. The van der Waals surface area contributed by atoms with Gasteiger partial charge in [-0.05, 0) is 17.7 Å². The summed E-state index contributed by atoms with van der Waals surface area (Å²) in [5.41, 5.74) is 1.57. The molecule has 2 aliphatic rings. The first-order valence-corrected chi connectivity index (χ1v) is 8.98. The number of esters is 1. The minimum atomic E-state index is -0.669. The van der Waals surface area contributed by atoms with Crippen molar-refractivity contribution in [3.63, 3.8) is 0 Å². The Balaban J connectivity index is 2.00. The Morgan fingerprint density at radius 3 is 2.54 bits per heavy atom. The summed E-state index contributed by atoms with van der Waals surface area (Å²) in [5, 5.41) is 5.58. The zero-order valence-corrected chi connectivity index (χ0v) is 16.2. The van der Waals surface area contributed by atoms with Crippen molar-refractivity contribution in [3.8, 4) is 11.5 Å². The molecule has 0 saturated carbocycles. The maximum absolute atomic E-state index is 12.6. The summed E-state index contributed by atoms with van der Waals surface area (Å²) in [7, 11) is 4.40. The number of urea groups is 1. The number of nitrogens with one attached hydrogen (secondary N) is 2. The lowest BCUT2D eigenvalue weighted by Crippen LogP contribution is -2.49. The van der Waals surface area contributed by atoms with E-state index in [9.17, 15) is 9.59 Å². The number of carbonyl (C=O) groups excluding carboxylic acids is 2. The highest BCUT2D eigenvalue weighted by atomic mass is 16.5. The number of carbonyl (C=O) groups is 2. The van der Waals surface area contributed by atoms with E-state index in [0.29, 0.717) is 48.1 Å². The van der Waals surface area contributed by atoms with E-state index in [1.807, 2.05) is 0 Å². The van der Waals surface area contributed by atoms with Crippen molar-refractivity contribution in [2.75, 3.05) is 54.2 Å². The van der Waals surface area contributed by atoms with Crippen LogP contribution in [-0.2, 0) is 14.3 Å². The van der Waals surface area contributed by atoms with Crippen LogP contribution in [0.4, 0.5) is 4.79 Å². The van der Waals surface area contributed by atoms with Gasteiger partial charge in [0.1, 0.15) is 0 Å². The fourth-order valence-corrected chi connectivity index (χ4v) is 3.36. The van der Waals surface area contributed by atoms with E-state index < -0.39 is 12.0 Å². The van der Waals surface area contributed by atoms with Gasteiger partial charge in [-0.1, -0.05) is 6.07 Å². The first-order valence-electron chi connectivity index (χ1n) is 8.98. The number of methoxy groups -OCH3 is 3. The Labute approximate surface area is 163 Å². The van der Waals surface area contributed by atoms with Crippen molar-refractivity contribution in [2.45, 2.75) is 6.04 Å². The van der Waals surface area contributed by atoms with E-state index >= 15 is 0 Å². The summed E-state index contributed by atoms with van der Waals surface area (Å²) in [5.74, 6) is 0.561. The van der Waals surface area contributed by atoms with Crippen LogP contribution in [-0.4, -0.2) is 71.1 Å². The van der Waals surface area contributed by atoms with Gasteiger partial charge in [0.2, 0.25) is 0 Å². The van der Waals surface area contributed by atoms with E-state index in [4.69, 9.17) is 18.9 Å². The number of morpholine rings is 1. The Kier molecular flexibility index (Phi) is 6.37. The lowest BCUT2D eigenvalue weighted by Gasteiger charge is -2.33. The van der Waals surface area contributed by atoms with E-state index in [2.05, 4.69) is 15.5 Å². The molecule has 2 heterocycles. The van der Waals surface area contributed by atoms with Crippen LogP contribution in [0.1, 0.15) is 11.6 Å². The summed E-state index contributed by atoms with van der Waals surface area (Å²) < 4.78 is 21.0. The van der Waals surface area contributed by atoms with Crippen molar-refractivity contribution in [2.24, 2.45) is 0 Å². The minimum Gasteiger partial charge on any atom is -0.493 e. The highest BCUT2D eigenvalue weighted by Gasteiger charge is 2.34. The molecule has 1 aromatic carbocycles. The standard InChI is InChI=1S/C19H25N3O6/c1-25-14-5-4-12(10-15(14)26-2)17-16(18(23)27-3)13(20-19(24)21-17)11-22-6-8-28-9-7-22/h4-5,10,17H,6-9,11H2,1-3H3,(H2,20,21,24). The van der Waals surface area contributed by atoms with Gasteiger partial charge in [-0.25, -0.2) is 9.59 Å². The van der Waals surface area contributed by atoms with Crippen LogP contribution >= 0.6 is 0 Å². The molecule has 0 aliphatic carbocycles. The third-order valence-corrected chi connectivity index (χ3v) is 4.79. The lowest BCUT2D eigenvalue weighted by atomic mass is 9.94. The molecule has 1 atom stereocenters. The van der Waals surface area contributed by atoms with Crippen molar-refractivity contribution in [1.82, 2.24) is 15.5 Å². The Hall–Kier alpha value is -2.78. The van der Waals surface area contributed by atoms with Crippen LogP contribution in [0.2, 0.25) is 0 Å². The molecule has 0 aromatic heterocycles. The molecule has 3 rings (SSSR count). The summed E-state index contributed by atoms with van der Waals surface area (Å²) in [6.45, 7) is 3.10. The molecule has 1 fully saturated rings. The largest absolute Gasteiger partial charge is 0.493 e. The Morgan fingerprint density at radius 1 is 1.18 bits per heavy atom. The molecule has 2 aliphatic heterocycles. The second-order valence-corrected chi connectivity index (χ2v) is 6.42. The monoisotopic (exact) mass is 391 g/mol. The number of nitrogens with zero attached hydrogens (tertiary/aromatic N) is 1. The third-order valence-electron chi connectivity index (χ3n) is 4.79. The Morgan fingerprint density at radius 2 is 1.89 bits per heavy atom. The van der Waals surface area contributed by atoms with Crippen molar-refractivity contribution in [1.29, 1.82) is 0 Å². The molecule has 1 saturated heterocycles. The smallest absolute Gasteiger partial charge is 0.338 e. The van der Waals surface area contributed by atoms with Gasteiger partial charge in [-0.3, -0.25) is 4.90 Å². The van der Waals surface area contributed by atoms with Crippen molar-refractivity contribution in [3.05, 3.63) is 35.0 Å². The Bertz CT molecular complexity index is 773. The van der Waals surface area contributed by atoms with Gasteiger partial charge in [-0.15, -0.1) is 0 Å². The quantitative estimate of drug-likeness (QED) is 0.693. The molecule has 9 heteroatoms. The highest BCUT2D eigenvalue weighted by molar-refractivity contribution is 5.95. The molecule has 2 N–H and O–H groups in total. The minimum absolute atomic E-state index is 0.362. The highest BCUT2D eigenvalue weighted by Crippen LogP contribution is 2.34. The number of amides is 2. The molecule has 2 amide bonds. The number of ether oxygens (including phenoxy) is 4. The summed E-state index contributed by atoms with van der Waals surface area (Å²) in [6.07, 6.45) is 0. The van der Waals surface area contributed by atoms with Crippen molar-refractivity contribution < 1.29 is 28.5 Å². The van der Waals surface area contributed by atoms with Gasteiger partial charge in [0.25, 0.3) is 0 Å². The van der Waals surface area contributed by atoms with Crippen LogP contribution in [0.3, 0.4) is 0 Å². The molecular formula is C19H25N3O6. The fourth-order valence-electron chi connectivity index (χ4n) is 3.36. The molecule has 0 radical (unpaired) electrons. The van der Waals surface area contributed by atoms with Gasteiger partial charge >= 0.3 is 12.0 Å². The van der Waals surface area contributed by atoms with Gasteiger partial charge in [0.15, 0.2) is 11.5 Å². The molecule has 28 heavy (non-hydrogen) atoms. The zero-order valence-electron chi connectivity index (χ0n) is 16.2. The summed E-state index contributed by atoms with van der Waals surface area (Å²) in [6, 6.07) is 4.21. The number of hydrogen-bond acceptors (Lipinski definition) is 7. The van der Waals surface area contributed by atoms with Crippen LogP contribution in [0, 0.1) is 0 Å². The number of hydrogen-bond donors (Lipinski definition) is 2. The van der Waals surface area contributed by atoms with Crippen LogP contribution in [0.25, 0.3) is 0 Å². The van der Waals surface area contributed by atoms with E-state index in [0.717, 1.165) is 13.1 Å². The first-order chi connectivity index (χ1) is 13.6. The summed E-state index contributed by atoms with van der Waals surface area (Å²) >= 11 is 0. The van der Waals surface area contributed by atoms with Crippen LogP contribution in [0.5, 0.6) is 11.5 Å². The molecular weight excluding hydrogens is 366 g/mol. The van der Waals surface area contributed by atoms with Gasteiger partial charge in [0, 0.05) is 25.3 Å². The predicted octanol–water partition coefficient (Wildman–Crippen LogP) is 0.817. The van der Waals surface area contributed by atoms with Gasteiger partial charge < -0.3 is 29.6 Å². The second-order valence-electron chi connectivity index (χ2n) is 6.42. The maximum atomic E-state index is 12.6. The molecule has 9 nitrogen and oxygen atoms in total. The second kappa shape index (κ2) is 8.94. The molecule has 1 unspecified atom stereocenters. The molecule has 1 aromatic rings. The predicted molar refractivity (Wildman–Crippen MR) is 100 cm³/mol. The molecule has 0 spiro atoms. The lowest BCUT2D eigenvalue weighted by molar-refractivity contribution is -0.136. The summed E-state index contributed by atoms with van der Waals surface area (Å²) in [4.78, 5) is 27.1. The normalized spacial score (nSPS) is 20.2. The van der Waals surface area contributed by atoms with E-state index in [1.54, 1.807) is 25.3 Å². The fraction of sp³-hybridized carbons (Fsp3) is 0.474. The van der Waals surface area contributed by atoms with Crippen LogP contribution in [0.15, 0.2) is 29.5 Å². The SMILES string of the molecule is COC(=O)C1=C(CN2CCOCC2)NC(=O)NC1c1ccc(OC)c(OC)c1. The van der Waals surface area contributed by atoms with E-state index in [1.165, 1.54) is 14.2 Å². The number of rotatable bonds is 6. The third kappa shape index (κ3) is 4.20. The average Bonchev–Trinajstić information content (AvgIpc) is 2.73. The average molecular weight is 391 g/mol. The molecule has 152 valence electrons. The molecule has 0 bridgehead atoms. The number of benzene rings is 1. The zero-order chi connectivity index (χ0) is 20.1. The van der Waals surface area contributed by atoms with Gasteiger partial charge in [-0.2, -0.15) is 0 Å². The topological polar surface area (TPSA) is 98.4 Å². The van der Waals surface area contributed by atoms with Crippen LogP contribution < -0.4 is 20.1 Å². The van der Waals surface area contributed by atoms with E-state index in [-0.39, 0.29) is 6.03 Å². The van der Waals surface area contributed by atoms with Crippen molar-refractivity contribution >= 4 is 12.0 Å². The van der Waals surface area contributed by atoms with Gasteiger partial charge in [0.05, 0.1) is 46.2 Å². The maximum Gasteiger partial charge on any atom is 0.338 e.